The Morgan fingerprint density at radius 3 is 2.87 bits per heavy atom. The van der Waals surface area contributed by atoms with Gasteiger partial charge in [-0.15, -0.1) is 10.2 Å². The number of amides is 1. The number of aromatic nitrogens is 2. The average molecular weight is 352 g/mol. The number of methoxy groups -OCH3 is 1. The van der Waals surface area contributed by atoms with Crippen molar-refractivity contribution in [2.45, 2.75) is 17.3 Å². The Kier molecular flexibility index (Phi) is 7.31. The molecule has 0 fully saturated rings. The number of nitrogens with zero attached hydrogens (tertiary/aromatic N) is 2. The van der Waals surface area contributed by atoms with Crippen molar-refractivity contribution in [1.82, 2.24) is 15.5 Å². The Morgan fingerprint density at radius 1 is 1.35 bits per heavy atom. The molecule has 0 spiro atoms. The lowest BCUT2D eigenvalue weighted by molar-refractivity contribution is -0.119. The highest BCUT2D eigenvalue weighted by molar-refractivity contribution is 8.01. The third-order valence-electron chi connectivity index (χ3n) is 2.99. The minimum atomic E-state index is -0.0181. The van der Waals surface area contributed by atoms with Gasteiger partial charge < -0.3 is 15.4 Å². The van der Waals surface area contributed by atoms with Crippen molar-refractivity contribution < 1.29 is 9.53 Å². The number of hydrogen-bond donors (Lipinski definition) is 2. The van der Waals surface area contributed by atoms with Crippen molar-refractivity contribution in [1.29, 1.82) is 0 Å². The molecule has 0 saturated carbocycles. The van der Waals surface area contributed by atoms with Crippen LogP contribution >= 0.6 is 23.1 Å². The smallest absolute Gasteiger partial charge is 0.230 e. The lowest BCUT2D eigenvalue weighted by Crippen LogP contribution is -2.28. The molecule has 6 nitrogen and oxygen atoms in total. The molecule has 0 aliphatic carbocycles. The summed E-state index contributed by atoms with van der Waals surface area (Å²) in [6.45, 7) is 3.27. The molecule has 0 aliphatic rings. The number of ether oxygens (including phenoxy) is 1. The van der Waals surface area contributed by atoms with Crippen LogP contribution in [0.15, 0.2) is 34.7 Å². The van der Waals surface area contributed by atoms with Gasteiger partial charge in [0.2, 0.25) is 11.0 Å². The van der Waals surface area contributed by atoms with Crippen molar-refractivity contribution in [3.8, 4) is 0 Å². The number of nitrogens with one attached hydrogen (secondary N) is 2. The molecule has 2 N–H and O–H groups in total. The van der Waals surface area contributed by atoms with Crippen LogP contribution in [-0.2, 0) is 9.53 Å². The van der Waals surface area contributed by atoms with Crippen LogP contribution in [0.5, 0.6) is 0 Å². The molecule has 1 atom stereocenters. The standard InChI is InChI=1S/C15H20N4O2S2/c1-11(12-6-4-3-5-7-12)17-13(20)10-22-15-19-18-14(23-15)16-8-9-21-2/h3-7,11H,8-10H2,1-2H3,(H,16,18)(H,17,20). The summed E-state index contributed by atoms with van der Waals surface area (Å²) >= 11 is 2.82. The molecule has 1 aromatic heterocycles. The van der Waals surface area contributed by atoms with Crippen LogP contribution in [-0.4, -0.2) is 42.1 Å². The third-order valence-corrected chi connectivity index (χ3v) is 5.01. The van der Waals surface area contributed by atoms with Gasteiger partial charge in [-0.25, -0.2) is 0 Å². The number of anilines is 1. The molecule has 23 heavy (non-hydrogen) atoms. The molecular formula is C15H20N4O2S2. The predicted molar refractivity (Wildman–Crippen MR) is 94.0 cm³/mol. The maximum Gasteiger partial charge on any atom is 0.230 e. The Bertz CT molecular complexity index is 607. The van der Waals surface area contributed by atoms with Crippen molar-refractivity contribution in [2.24, 2.45) is 0 Å². The van der Waals surface area contributed by atoms with Gasteiger partial charge in [0, 0.05) is 13.7 Å². The van der Waals surface area contributed by atoms with Crippen LogP contribution in [0.25, 0.3) is 0 Å². The summed E-state index contributed by atoms with van der Waals surface area (Å²) < 4.78 is 5.73. The van der Waals surface area contributed by atoms with E-state index in [2.05, 4.69) is 20.8 Å². The topological polar surface area (TPSA) is 76.1 Å². The summed E-state index contributed by atoms with van der Waals surface area (Å²) in [6, 6.07) is 9.88. The van der Waals surface area contributed by atoms with Gasteiger partial charge in [-0.3, -0.25) is 4.79 Å². The van der Waals surface area contributed by atoms with E-state index in [1.54, 1.807) is 7.11 Å². The first-order valence-electron chi connectivity index (χ1n) is 7.22. The van der Waals surface area contributed by atoms with Gasteiger partial charge in [-0.1, -0.05) is 53.4 Å². The Balaban J connectivity index is 1.74. The summed E-state index contributed by atoms with van der Waals surface area (Å²) in [7, 11) is 1.65. The normalized spacial score (nSPS) is 11.9. The molecule has 8 heteroatoms. The molecular weight excluding hydrogens is 332 g/mol. The number of carbonyl (C=O) groups is 1. The second-order valence-corrected chi connectivity index (χ2v) is 6.98. The van der Waals surface area contributed by atoms with Gasteiger partial charge in [0.15, 0.2) is 4.34 Å². The largest absolute Gasteiger partial charge is 0.383 e. The van der Waals surface area contributed by atoms with Gasteiger partial charge >= 0.3 is 0 Å². The highest BCUT2D eigenvalue weighted by Gasteiger charge is 2.11. The van der Waals surface area contributed by atoms with E-state index in [1.165, 1.54) is 23.1 Å². The van der Waals surface area contributed by atoms with E-state index in [0.29, 0.717) is 18.9 Å². The number of carbonyl (C=O) groups excluding carboxylic acids is 1. The number of benzene rings is 1. The van der Waals surface area contributed by atoms with Crippen LogP contribution in [0.2, 0.25) is 0 Å². The fraction of sp³-hybridized carbons (Fsp3) is 0.400. The van der Waals surface area contributed by atoms with E-state index >= 15 is 0 Å². The monoisotopic (exact) mass is 352 g/mol. The lowest BCUT2D eigenvalue weighted by atomic mass is 10.1. The first kappa shape index (κ1) is 17.7. The van der Waals surface area contributed by atoms with Crippen LogP contribution in [0.4, 0.5) is 5.13 Å². The molecule has 2 rings (SSSR count). The summed E-state index contributed by atoms with van der Waals surface area (Å²) in [5, 5.41) is 14.9. The lowest BCUT2D eigenvalue weighted by Gasteiger charge is -2.13. The van der Waals surface area contributed by atoms with Crippen molar-refractivity contribution in [3.63, 3.8) is 0 Å². The van der Waals surface area contributed by atoms with Crippen LogP contribution in [0.3, 0.4) is 0 Å². The van der Waals surface area contributed by atoms with Crippen LogP contribution in [0.1, 0.15) is 18.5 Å². The summed E-state index contributed by atoms with van der Waals surface area (Å²) in [6.07, 6.45) is 0. The molecule has 0 aliphatic heterocycles. The van der Waals surface area contributed by atoms with Gasteiger partial charge in [-0.05, 0) is 12.5 Å². The molecule has 0 saturated heterocycles. The average Bonchev–Trinajstić information content (AvgIpc) is 3.02. The zero-order valence-electron chi connectivity index (χ0n) is 13.1. The fourth-order valence-electron chi connectivity index (χ4n) is 1.84. The van der Waals surface area contributed by atoms with E-state index in [4.69, 9.17) is 4.74 Å². The van der Waals surface area contributed by atoms with Gasteiger partial charge in [0.1, 0.15) is 0 Å². The minimum absolute atomic E-state index is 0.00927. The zero-order valence-corrected chi connectivity index (χ0v) is 14.7. The molecule has 1 aromatic carbocycles. The Hall–Kier alpha value is -1.64. The molecule has 1 unspecified atom stereocenters. The quantitative estimate of drug-likeness (QED) is 0.534. The highest BCUT2D eigenvalue weighted by Crippen LogP contribution is 2.25. The molecule has 0 bridgehead atoms. The molecule has 0 radical (unpaired) electrons. The summed E-state index contributed by atoms with van der Waals surface area (Å²) in [5.74, 6) is 0.305. The summed E-state index contributed by atoms with van der Waals surface area (Å²) in [4.78, 5) is 12.0. The van der Waals surface area contributed by atoms with Gasteiger partial charge in [-0.2, -0.15) is 0 Å². The van der Waals surface area contributed by atoms with Crippen molar-refractivity contribution >= 4 is 34.1 Å². The maximum absolute atomic E-state index is 12.0. The Morgan fingerprint density at radius 2 is 2.13 bits per heavy atom. The second kappa shape index (κ2) is 9.49. The number of hydrogen-bond acceptors (Lipinski definition) is 7. The third kappa shape index (κ3) is 6.17. The molecule has 124 valence electrons. The zero-order chi connectivity index (χ0) is 16.5. The van der Waals surface area contributed by atoms with E-state index in [0.717, 1.165) is 15.0 Å². The first-order chi connectivity index (χ1) is 11.2. The number of thioether (sulfide) groups is 1. The first-order valence-corrected chi connectivity index (χ1v) is 9.02. The summed E-state index contributed by atoms with van der Waals surface area (Å²) in [5.41, 5.74) is 1.09. The molecule has 1 heterocycles. The molecule has 2 aromatic rings. The second-order valence-electron chi connectivity index (χ2n) is 4.78. The number of rotatable bonds is 9. The van der Waals surface area contributed by atoms with Crippen LogP contribution < -0.4 is 10.6 Å². The molecule has 1 amide bonds. The van der Waals surface area contributed by atoms with Crippen molar-refractivity contribution in [3.05, 3.63) is 35.9 Å². The van der Waals surface area contributed by atoms with E-state index in [9.17, 15) is 4.79 Å². The van der Waals surface area contributed by atoms with Crippen LogP contribution in [0, 0.1) is 0 Å². The van der Waals surface area contributed by atoms with Gasteiger partial charge in [0.05, 0.1) is 18.4 Å². The van der Waals surface area contributed by atoms with Gasteiger partial charge in [0.25, 0.3) is 0 Å². The van der Waals surface area contributed by atoms with Crippen molar-refractivity contribution in [2.75, 3.05) is 31.3 Å². The minimum Gasteiger partial charge on any atom is -0.383 e. The predicted octanol–water partition coefficient (Wildman–Crippen LogP) is 2.57. The van der Waals surface area contributed by atoms with E-state index in [-0.39, 0.29) is 11.9 Å². The van der Waals surface area contributed by atoms with E-state index in [1.807, 2.05) is 37.3 Å². The van der Waals surface area contributed by atoms with E-state index < -0.39 is 0 Å². The SMILES string of the molecule is COCCNc1nnc(SCC(=O)NC(C)c2ccccc2)s1. The maximum atomic E-state index is 12.0. The fourth-order valence-corrected chi connectivity index (χ4v) is 3.42. The highest BCUT2D eigenvalue weighted by atomic mass is 32.2. The Labute approximate surface area is 144 Å².